The van der Waals surface area contributed by atoms with Gasteiger partial charge in [0, 0.05) is 49.7 Å². The number of para-hydroxylation sites is 1. The number of benzene rings is 3. The summed E-state index contributed by atoms with van der Waals surface area (Å²) in [5.74, 6) is 0.0749. The molecule has 4 rings (SSSR count). The van der Waals surface area contributed by atoms with Crippen LogP contribution >= 0.6 is 0 Å². The molecule has 0 bridgehead atoms. The molecule has 0 radical (unpaired) electrons. The van der Waals surface area contributed by atoms with E-state index in [0.717, 1.165) is 35.0 Å². The maximum absolute atomic E-state index is 12.8. The molecule has 2 amide bonds. The fourth-order valence-corrected chi connectivity index (χ4v) is 4.04. The predicted octanol–water partition coefficient (Wildman–Crippen LogP) is 4.22. The van der Waals surface area contributed by atoms with Crippen LogP contribution in [0.1, 0.15) is 29.6 Å². The van der Waals surface area contributed by atoms with Crippen LogP contribution in [0.3, 0.4) is 0 Å². The van der Waals surface area contributed by atoms with Crippen LogP contribution in [-0.2, 0) is 4.79 Å². The first-order valence-electron chi connectivity index (χ1n) is 10.5. The maximum Gasteiger partial charge on any atom is 0.258 e. The highest BCUT2D eigenvalue weighted by Gasteiger charge is 2.28. The summed E-state index contributed by atoms with van der Waals surface area (Å²) in [6, 6.07) is 22.0. The minimum Gasteiger partial charge on any atom is -0.375 e. The molecule has 1 aliphatic rings. The fraction of sp³-hybridized carbons (Fsp3) is 0.280. The summed E-state index contributed by atoms with van der Waals surface area (Å²) in [5.41, 5.74) is 2.89. The highest BCUT2D eigenvalue weighted by molar-refractivity contribution is 6.25. The first kappa shape index (κ1) is 20.0. The normalized spacial score (nSPS) is 12.4. The van der Waals surface area contributed by atoms with E-state index >= 15 is 0 Å². The van der Waals surface area contributed by atoms with Gasteiger partial charge in [-0.05, 0) is 42.5 Å². The molecule has 154 valence electrons. The zero-order valence-corrected chi connectivity index (χ0v) is 17.3. The number of rotatable bonds is 9. The molecular formula is C25H27N3O2. The van der Waals surface area contributed by atoms with Crippen molar-refractivity contribution < 1.29 is 9.59 Å². The number of hydrogen-bond acceptors (Lipinski definition) is 3. The van der Waals surface area contributed by atoms with E-state index in [9.17, 15) is 9.59 Å². The van der Waals surface area contributed by atoms with Gasteiger partial charge in [0.15, 0.2) is 0 Å². The topological polar surface area (TPSA) is 52.7 Å². The highest BCUT2D eigenvalue weighted by atomic mass is 16.2. The summed E-state index contributed by atoms with van der Waals surface area (Å²) in [7, 11) is 2.06. The third kappa shape index (κ3) is 4.15. The summed E-state index contributed by atoms with van der Waals surface area (Å²) in [4.78, 5) is 28.9. The van der Waals surface area contributed by atoms with Crippen molar-refractivity contribution in [3.8, 4) is 0 Å². The molecular weight excluding hydrogens is 374 g/mol. The first-order valence-corrected chi connectivity index (χ1v) is 10.5. The molecule has 3 aromatic rings. The van der Waals surface area contributed by atoms with Crippen molar-refractivity contribution in [1.29, 1.82) is 0 Å². The Balaban J connectivity index is 1.20. The molecule has 3 aromatic carbocycles. The number of hydrogen-bond donors (Lipinski definition) is 1. The Labute approximate surface area is 177 Å². The quantitative estimate of drug-likeness (QED) is 0.546. The van der Waals surface area contributed by atoms with Crippen molar-refractivity contribution >= 4 is 34.0 Å². The fourth-order valence-electron chi connectivity index (χ4n) is 4.04. The molecule has 0 fully saturated rings. The average molecular weight is 402 g/mol. The molecule has 0 saturated carbocycles. The smallest absolute Gasteiger partial charge is 0.258 e. The van der Waals surface area contributed by atoms with Crippen LogP contribution in [0.15, 0.2) is 66.7 Å². The lowest BCUT2D eigenvalue weighted by Gasteiger charge is -2.19. The average Bonchev–Trinajstić information content (AvgIpc) is 3.05. The Morgan fingerprint density at radius 2 is 1.73 bits per heavy atom. The van der Waals surface area contributed by atoms with E-state index in [1.54, 1.807) is 4.90 Å². The Bertz CT molecular complexity index is 1040. The number of amides is 2. The standard InChI is InChI=1S/C25H27N3O2/c1-27(20-11-3-2-4-12-20)17-8-16-26-23(29)15-7-18-28-22-14-6-10-19-9-5-13-21(24(19)22)25(28)30/h2-6,9-14H,7-8,15-18H2,1H3,(H,26,29). The Hall–Kier alpha value is -3.34. The van der Waals surface area contributed by atoms with E-state index in [-0.39, 0.29) is 11.8 Å². The van der Waals surface area contributed by atoms with Crippen LogP contribution in [0.2, 0.25) is 0 Å². The van der Waals surface area contributed by atoms with Crippen molar-refractivity contribution in [3.05, 3.63) is 72.3 Å². The van der Waals surface area contributed by atoms with Gasteiger partial charge >= 0.3 is 0 Å². The lowest BCUT2D eigenvalue weighted by Crippen LogP contribution is -2.31. The molecule has 5 nitrogen and oxygen atoms in total. The molecule has 0 aliphatic carbocycles. The summed E-state index contributed by atoms with van der Waals surface area (Å²) in [6.45, 7) is 2.09. The maximum atomic E-state index is 12.8. The molecule has 0 atom stereocenters. The Kier molecular flexibility index (Phi) is 5.98. The lowest BCUT2D eigenvalue weighted by molar-refractivity contribution is -0.121. The SMILES string of the molecule is CN(CCCNC(=O)CCCN1C(=O)c2cccc3cccc1c23)c1ccccc1. The zero-order chi connectivity index (χ0) is 20.9. The van der Waals surface area contributed by atoms with Gasteiger partial charge < -0.3 is 15.1 Å². The molecule has 0 aromatic heterocycles. The van der Waals surface area contributed by atoms with E-state index in [2.05, 4.69) is 29.4 Å². The van der Waals surface area contributed by atoms with E-state index < -0.39 is 0 Å². The molecule has 1 N–H and O–H groups in total. The van der Waals surface area contributed by atoms with Gasteiger partial charge in [0.1, 0.15) is 0 Å². The summed E-state index contributed by atoms with van der Waals surface area (Å²) in [6.07, 6.45) is 1.95. The monoisotopic (exact) mass is 401 g/mol. The first-order chi connectivity index (χ1) is 14.6. The van der Waals surface area contributed by atoms with E-state index in [1.807, 2.05) is 54.6 Å². The number of nitrogens with one attached hydrogen (secondary N) is 1. The van der Waals surface area contributed by atoms with Gasteiger partial charge in [-0.25, -0.2) is 0 Å². The second-order valence-corrected chi connectivity index (χ2v) is 7.70. The molecule has 0 saturated heterocycles. The van der Waals surface area contributed by atoms with Gasteiger partial charge in [-0.2, -0.15) is 0 Å². The minimum absolute atomic E-state index is 0.0335. The third-order valence-electron chi connectivity index (χ3n) is 5.62. The number of anilines is 2. The molecule has 1 aliphatic heterocycles. The largest absolute Gasteiger partial charge is 0.375 e. The van der Waals surface area contributed by atoms with Crippen LogP contribution in [0.4, 0.5) is 11.4 Å². The third-order valence-corrected chi connectivity index (χ3v) is 5.62. The van der Waals surface area contributed by atoms with Crippen molar-refractivity contribution in [2.45, 2.75) is 19.3 Å². The van der Waals surface area contributed by atoms with Gasteiger partial charge in [-0.3, -0.25) is 9.59 Å². The minimum atomic E-state index is 0.0335. The Morgan fingerprint density at radius 3 is 2.53 bits per heavy atom. The van der Waals surface area contributed by atoms with Crippen LogP contribution in [0.25, 0.3) is 10.8 Å². The number of carbonyl (C=O) groups is 2. The van der Waals surface area contributed by atoms with E-state index in [4.69, 9.17) is 0 Å². The van der Waals surface area contributed by atoms with Crippen LogP contribution in [-0.4, -0.2) is 38.5 Å². The Morgan fingerprint density at radius 1 is 0.967 bits per heavy atom. The van der Waals surface area contributed by atoms with Gasteiger partial charge in [-0.15, -0.1) is 0 Å². The lowest BCUT2D eigenvalue weighted by atomic mass is 10.1. The number of carbonyl (C=O) groups excluding carboxylic acids is 2. The van der Waals surface area contributed by atoms with Gasteiger partial charge in [0.2, 0.25) is 5.91 Å². The predicted molar refractivity (Wildman–Crippen MR) is 122 cm³/mol. The van der Waals surface area contributed by atoms with E-state index in [0.29, 0.717) is 25.9 Å². The van der Waals surface area contributed by atoms with Crippen molar-refractivity contribution in [1.82, 2.24) is 5.32 Å². The summed E-state index contributed by atoms with van der Waals surface area (Å²) in [5, 5.41) is 5.10. The zero-order valence-electron chi connectivity index (χ0n) is 17.3. The van der Waals surface area contributed by atoms with Crippen molar-refractivity contribution in [2.24, 2.45) is 0 Å². The molecule has 5 heteroatoms. The molecule has 1 heterocycles. The van der Waals surface area contributed by atoms with E-state index in [1.165, 1.54) is 5.69 Å². The van der Waals surface area contributed by atoms with Gasteiger partial charge in [0.05, 0.1) is 5.69 Å². The van der Waals surface area contributed by atoms with Crippen molar-refractivity contribution in [3.63, 3.8) is 0 Å². The van der Waals surface area contributed by atoms with Gasteiger partial charge in [-0.1, -0.05) is 42.5 Å². The van der Waals surface area contributed by atoms with Crippen LogP contribution in [0.5, 0.6) is 0 Å². The summed E-state index contributed by atoms with van der Waals surface area (Å²) >= 11 is 0. The molecule has 30 heavy (non-hydrogen) atoms. The molecule has 0 unspecified atom stereocenters. The van der Waals surface area contributed by atoms with Crippen LogP contribution < -0.4 is 15.1 Å². The highest BCUT2D eigenvalue weighted by Crippen LogP contribution is 2.37. The second-order valence-electron chi connectivity index (χ2n) is 7.70. The number of nitrogens with zero attached hydrogens (tertiary/aromatic N) is 2. The second kappa shape index (κ2) is 8.99. The van der Waals surface area contributed by atoms with Crippen LogP contribution in [0, 0.1) is 0 Å². The molecule has 0 spiro atoms. The van der Waals surface area contributed by atoms with Crippen molar-refractivity contribution in [2.75, 3.05) is 36.5 Å². The van der Waals surface area contributed by atoms with Gasteiger partial charge in [0.25, 0.3) is 5.91 Å². The summed E-state index contributed by atoms with van der Waals surface area (Å²) < 4.78 is 0.